The largest absolute Gasteiger partial charge is 0.243 e. The first-order chi connectivity index (χ1) is 8.41. The molecule has 0 aromatic heterocycles. The molecule has 0 bridgehead atoms. The summed E-state index contributed by atoms with van der Waals surface area (Å²) in [6.45, 7) is 3.13. The van der Waals surface area contributed by atoms with Crippen molar-refractivity contribution in [1.82, 2.24) is 4.31 Å². The fourth-order valence-corrected chi connectivity index (χ4v) is 3.75. The Morgan fingerprint density at radius 3 is 2.50 bits per heavy atom. The summed E-state index contributed by atoms with van der Waals surface area (Å²) in [4.78, 5) is 0.0588. The lowest BCUT2D eigenvalue weighted by Crippen LogP contribution is -2.37. The summed E-state index contributed by atoms with van der Waals surface area (Å²) in [5.74, 6) is -0.0591. The van der Waals surface area contributed by atoms with Gasteiger partial charge in [-0.05, 0) is 37.0 Å². The Kier molecular flexibility index (Phi) is 3.94. The van der Waals surface area contributed by atoms with E-state index in [1.807, 2.05) is 0 Å². The fourth-order valence-electron chi connectivity index (χ4n) is 2.01. The van der Waals surface area contributed by atoms with E-state index in [0.717, 1.165) is 18.9 Å². The van der Waals surface area contributed by atoms with E-state index in [-0.39, 0.29) is 9.92 Å². The molecule has 1 fully saturated rings. The number of sulfonamides is 1. The first-order valence-corrected chi connectivity index (χ1v) is 7.68. The minimum atomic E-state index is -3.54. The third kappa shape index (κ3) is 2.68. The predicted molar refractivity (Wildman–Crippen MR) is 68.6 cm³/mol. The summed E-state index contributed by atoms with van der Waals surface area (Å²) in [5, 5.41) is -0.165. The van der Waals surface area contributed by atoms with Gasteiger partial charge in [-0.15, -0.1) is 0 Å². The highest BCUT2D eigenvalue weighted by Crippen LogP contribution is 2.26. The van der Waals surface area contributed by atoms with E-state index < -0.39 is 15.8 Å². The Labute approximate surface area is 112 Å². The molecule has 0 amide bonds. The summed E-state index contributed by atoms with van der Waals surface area (Å²) in [7, 11) is -3.54. The van der Waals surface area contributed by atoms with Crippen LogP contribution in [0.1, 0.15) is 19.8 Å². The molecule has 1 aliphatic heterocycles. The van der Waals surface area contributed by atoms with Crippen molar-refractivity contribution in [2.75, 3.05) is 13.1 Å². The van der Waals surface area contributed by atoms with Gasteiger partial charge in [0.1, 0.15) is 5.82 Å². The summed E-state index contributed by atoms with van der Waals surface area (Å²) < 4.78 is 39.1. The Bertz CT molecular complexity index is 539. The molecule has 3 nitrogen and oxygen atoms in total. The summed E-state index contributed by atoms with van der Waals surface area (Å²) >= 11 is 5.62. The number of piperidine rings is 1. The molecular weight excluding hydrogens is 277 g/mol. The van der Waals surface area contributed by atoms with Gasteiger partial charge in [0.25, 0.3) is 0 Å². The van der Waals surface area contributed by atoms with E-state index in [0.29, 0.717) is 19.0 Å². The Balaban J connectivity index is 2.27. The minimum absolute atomic E-state index is 0.0588. The molecule has 0 aliphatic carbocycles. The van der Waals surface area contributed by atoms with Crippen LogP contribution in [0.4, 0.5) is 4.39 Å². The SMILES string of the molecule is CC1CCN(S(=O)(=O)c2ccc(F)c(Cl)c2)CC1. The van der Waals surface area contributed by atoms with Crippen LogP contribution in [0.3, 0.4) is 0 Å². The number of benzene rings is 1. The molecule has 100 valence electrons. The average Bonchev–Trinajstić information content (AvgIpc) is 2.33. The monoisotopic (exact) mass is 291 g/mol. The molecule has 0 saturated carbocycles. The van der Waals surface area contributed by atoms with Crippen molar-refractivity contribution in [2.24, 2.45) is 5.92 Å². The topological polar surface area (TPSA) is 37.4 Å². The molecular formula is C12H15ClFNO2S. The minimum Gasteiger partial charge on any atom is -0.207 e. The zero-order valence-corrected chi connectivity index (χ0v) is 11.6. The van der Waals surface area contributed by atoms with Gasteiger partial charge >= 0.3 is 0 Å². The number of halogens is 2. The van der Waals surface area contributed by atoms with Gasteiger partial charge < -0.3 is 0 Å². The summed E-state index contributed by atoms with van der Waals surface area (Å²) in [6, 6.07) is 3.51. The maximum atomic E-state index is 13.0. The van der Waals surface area contributed by atoms with Crippen molar-refractivity contribution >= 4 is 21.6 Å². The molecule has 0 N–H and O–H groups in total. The van der Waals surface area contributed by atoms with E-state index >= 15 is 0 Å². The van der Waals surface area contributed by atoms with E-state index in [2.05, 4.69) is 6.92 Å². The third-order valence-electron chi connectivity index (χ3n) is 3.27. The zero-order valence-electron chi connectivity index (χ0n) is 10.1. The maximum absolute atomic E-state index is 13.0. The highest BCUT2D eigenvalue weighted by molar-refractivity contribution is 7.89. The van der Waals surface area contributed by atoms with Gasteiger partial charge in [-0.1, -0.05) is 18.5 Å². The lowest BCUT2D eigenvalue weighted by atomic mass is 10.0. The molecule has 1 aromatic rings. The van der Waals surface area contributed by atoms with Crippen LogP contribution in [0, 0.1) is 11.7 Å². The normalized spacial score (nSPS) is 19.1. The van der Waals surface area contributed by atoms with Crippen LogP contribution in [0.25, 0.3) is 0 Å². The molecule has 0 unspecified atom stereocenters. The van der Waals surface area contributed by atoms with Crippen LogP contribution in [0.2, 0.25) is 5.02 Å². The number of hydrogen-bond acceptors (Lipinski definition) is 2. The lowest BCUT2D eigenvalue weighted by Gasteiger charge is -2.29. The van der Waals surface area contributed by atoms with Gasteiger partial charge in [-0.2, -0.15) is 4.31 Å². The molecule has 18 heavy (non-hydrogen) atoms. The van der Waals surface area contributed by atoms with Crippen molar-refractivity contribution < 1.29 is 12.8 Å². The Hall–Kier alpha value is -0.650. The number of hydrogen-bond donors (Lipinski definition) is 0. The highest BCUT2D eigenvalue weighted by atomic mass is 35.5. The second kappa shape index (κ2) is 5.15. The highest BCUT2D eigenvalue weighted by Gasteiger charge is 2.28. The lowest BCUT2D eigenvalue weighted by molar-refractivity contribution is 0.288. The van der Waals surface area contributed by atoms with Crippen LogP contribution in [0.5, 0.6) is 0 Å². The van der Waals surface area contributed by atoms with Gasteiger partial charge in [0, 0.05) is 13.1 Å². The van der Waals surface area contributed by atoms with Crippen molar-refractivity contribution in [2.45, 2.75) is 24.7 Å². The fraction of sp³-hybridized carbons (Fsp3) is 0.500. The molecule has 1 aromatic carbocycles. The van der Waals surface area contributed by atoms with Gasteiger partial charge in [0.05, 0.1) is 9.92 Å². The average molecular weight is 292 g/mol. The summed E-state index contributed by atoms with van der Waals surface area (Å²) in [5.41, 5.74) is 0. The van der Waals surface area contributed by atoms with Gasteiger partial charge in [0.2, 0.25) is 10.0 Å². The standard InChI is InChI=1S/C12H15ClFNO2S/c1-9-4-6-15(7-5-9)18(16,17)10-2-3-12(14)11(13)8-10/h2-3,8-9H,4-7H2,1H3. The third-order valence-corrected chi connectivity index (χ3v) is 5.46. The predicted octanol–water partition coefficient (Wildman–Crippen LogP) is 2.90. The van der Waals surface area contributed by atoms with E-state index in [1.165, 1.54) is 16.4 Å². The molecule has 1 saturated heterocycles. The molecule has 1 heterocycles. The first kappa shape index (κ1) is 13.8. The summed E-state index contributed by atoms with van der Waals surface area (Å²) in [6.07, 6.45) is 1.71. The van der Waals surface area contributed by atoms with Crippen molar-refractivity contribution in [3.8, 4) is 0 Å². The zero-order chi connectivity index (χ0) is 13.3. The quantitative estimate of drug-likeness (QED) is 0.840. The number of nitrogens with zero attached hydrogens (tertiary/aromatic N) is 1. The van der Waals surface area contributed by atoms with E-state index in [1.54, 1.807) is 0 Å². The van der Waals surface area contributed by atoms with Crippen LogP contribution >= 0.6 is 11.6 Å². The second-order valence-corrected chi connectivity index (χ2v) is 7.01. The van der Waals surface area contributed by atoms with Crippen LogP contribution in [0.15, 0.2) is 23.1 Å². The van der Waals surface area contributed by atoms with Crippen LogP contribution < -0.4 is 0 Å². The first-order valence-electron chi connectivity index (χ1n) is 5.86. The Morgan fingerprint density at radius 2 is 1.94 bits per heavy atom. The molecule has 1 aliphatic rings. The van der Waals surface area contributed by atoms with Crippen LogP contribution in [-0.4, -0.2) is 25.8 Å². The van der Waals surface area contributed by atoms with Crippen molar-refractivity contribution in [1.29, 1.82) is 0 Å². The van der Waals surface area contributed by atoms with Gasteiger partial charge in [-0.25, -0.2) is 12.8 Å². The smallest absolute Gasteiger partial charge is 0.207 e. The van der Waals surface area contributed by atoms with E-state index in [9.17, 15) is 12.8 Å². The maximum Gasteiger partial charge on any atom is 0.243 e. The van der Waals surface area contributed by atoms with Gasteiger partial charge in [-0.3, -0.25) is 0 Å². The number of rotatable bonds is 2. The molecule has 0 atom stereocenters. The van der Waals surface area contributed by atoms with Crippen molar-refractivity contribution in [3.05, 3.63) is 29.0 Å². The molecule has 0 radical (unpaired) electrons. The second-order valence-electron chi connectivity index (χ2n) is 4.66. The molecule has 2 rings (SSSR count). The van der Waals surface area contributed by atoms with Gasteiger partial charge in [0.15, 0.2) is 0 Å². The molecule has 6 heteroatoms. The van der Waals surface area contributed by atoms with E-state index in [4.69, 9.17) is 11.6 Å². The molecule has 0 spiro atoms. The van der Waals surface area contributed by atoms with Crippen LogP contribution in [-0.2, 0) is 10.0 Å². The van der Waals surface area contributed by atoms with Crippen molar-refractivity contribution in [3.63, 3.8) is 0 Å². The Morgan fingerprint density at radius 1 is 1.33 bits per heavy atom.